The van der Waals surface area contributed by atoms with E-state index in [1.807, 2.05) is 0 Å². The van der Waals surface area contributed by atoms with Gasteiger partial charge in [-0.2, -0.15) is 18.3 Å². The predicted octanol–water partition coefficient (Wildman–Crippen LogP) is 2.62. The molecular weight excluding hydrogens is 405 g/mol. The summed E-state index contributed by atoms with van der Waals surface area (Å²) in [5.41, 5.74) is -0.0142. The molecule has 1 aromatic rings. The maximum absolute atomic E-state index is 13.8. The number of halogens is 3. The van der Waals surface area contributed by atoms with Gasteiger partial charge in [0.15, 0.2) is 6.04 Å². The largest absolute Gasteiger partial charge is 0.462 e. The van der Waals surface area contributed by atoms with Gasteiger partial charge >= 0.3 is 12.1 Å². The quantitative estimate of drug-likeness (QED) is 0.696. The molecule has 2 aliphatic heterocycles. The zero-order chi connectivity index (χ0) is 21.9. The van der Waals surface area contributed by atoms with Gasteiger partial charge in [-0.15, -0.1) is 0 Å². The van der Waals surface area contributed by atoms with E-state index < -0.39 is 24.2 Å². The van der Waals surface area contributed by atoms with Crippen LogP contribution in [0.15, 0.2) is 6.20 Å². The van der Waals surface area contributed by atoms with Crippen LogP contribution in [0.5, 0.6) is 0 Å². The lowest BCUT2D eigenvalue weighted by molar-refractivity contribution is -0.175. The normalized spacial score (nSPS) is 24.2. The average Bonchev–Trinajstić information content (AvgIpc) is 3.14. The molecule has 3 heterocycles. The van der Waals surface area contributed by atoms with Crippen molar-refractivity contribution in [1.82, 2.24) is 14.7 Å². The van der Waals surface area contributed by atoms with Crippen molar-refractivity contribution in [3.05, 3.63) is 11.8 Å². The molecule has 0 radical (unpaired) electrons. The van der Waals surface area contributed by atoms with Gasteiger partial charge in [0.25, 0.3) is 0 Å². The Morgan fingerprint density at radius 1 is 1.37 bits per heavy atom. The zero-order valence-corrected chi connectivity index (χ0v) is 17.1. The molecule has 8 nitrogen and oxygen atoms in total. The van der Waals surface area contributed by atoms with Crippen molar-refractivity contribution < 1.29 is 32.2 Å². The number of carbonyl (C=O) groups is 2. The summed E-state index contributed by atoms with van der Waals surface area (Å²) < 4.78 is 52.1. The molecule has 3 atom stereocenters. The summed E-state index contributed by atoms with van der Waals surface area (Å²) >= 11 is 0. The summed E-state index contributed by atoms with van der Waals surface area (Å²) in [5, 5.41) is 6.92. The first-order valence-electron chi connectivity index (χ1n) is 10.1. The molecule has 11 heteroatoms. The number of anilines is 1. The average molecular weight is 432 g/mol. The Balaban J connectivity index is 1.82. The first-order valence-corrected chi connectivity index (χ1v) is 10.1. The van der Waals surface area contributed by atoms with Crippen LogP contribution >= 0.6 is 0 Å². The highest BCUT2D eigenvalue weighted by Crippen LogP contribution is 2.42. The summed E-state index contributed by atoms with van der Waals surface area (Å²) in [6.45, 7) is 2.99. The van der Waals surface area contributed by atoms with Crippen LogP contribution in [0.2, 0.25) is 0 Å². The molecule has 0 aromatic carbocycles. The monoisotopic (exact) mass is 432 g/mol. The first-order chi connectivity index (χ1) is 14.3. The molecule has 0 spiro atoms. The molecule has 0 aliphatic carbocycles. The Morgan fingerprint density at radius 3 is 2.80 bits per heavy atom. The maximum Gasteiger partial charge on any atom is 0.410 e. The number of methoxy groups -OCH3 is 1. The van der Waals surface area contributed by atoms with Gasteiger partial charge in [-0.25, -0.2) is 9.48 Å². The second kappa shape index (κ2) is 9.23. The van der Waals surface area contributed by atoms with Gasteiger partial charge in [0, 0.05) is 26.2 Å². The summed E-state index contributed by atoms with van der Waals surface area (Å²) in [6, 6.07) is -2.39. The van der Waals surface area contributed by atoms with Crippen molar-refractivity contribution in [3.63, 3.8) is 0 Å². The van der Waals surface area contributed by atoms with Gasteiger partial charge in [0.1, 0.15) is 11.4 Å². The molecule has 1 fully saturated rings. The van der Waals surface area contributed by atoms with E-state index in [-0.39, 0.29) is 42.7 Å². The number of nitrogens with one attached hydrogen (secondary N) is 1. The summed E-state index contributed by atoms with van der Waals surface area (Å²) in [5.74, 6) is -0.932. The van der Waals surface area contributed by atoms with E-state index in [1.54, 1.807) is 11.8 Å². The van der Waals surface area contributed by atoms with Crippen molar-refractivity contribution in [2.45, 2.75) is 50.9 Å². The molecule has 1 aromatic heterocycles. The highest BCUT2D eigenvalue weighted by Gasteiger charge is 2.48. The number of fused-ring (bicyclic) bond motifs is 1. The number of hydrogen-bond donors (Lipinski definition) is 1. The number of carbonyl (C=O) groups excluding carboxylic acids is 2. The standard InChI is InChI=1S/C19H27F3N4O4/c1-3-30-18(28)13-10-23-26-15(19(20,21)22)9-14(24-17(13)26)12-5-4-7-25(11-12)16(27)6-8-29-2/h10,12,14-15,24H,3-9,11H2,1-2H3/t12?,14-,15+/m0/s1. The SMILES string of the molecule is CCOC(=O)c1cnn2c1N[C@H](C1CCCN(C(=O)CCOC)C1)C[C@@H]2C(F)(F)F. The van der Waals surface area contributed by atoms with Gasteiger partial charge < -0.3 is 19.7 Å². The lowest BCUT2D eigenvalue weighted by Crippen LogP contribution is -2.49. The number of aromatic nitrogens is 2. The van der Waals surface area contributed by atoms with Crippen LogP contribution in [0.3, 0.4) is 0 Å². The maximum atomic E-state index is 13.8. The van der Waals surface area contributed by atoms with Gasteiger partial charge in [0.2, 0.25) is 5.91 Å². The molecule has 30 heavy (non-hydrogen) atoms. The number of hydrogen-bond acceptors (Lipinski definition) is 6. The molecule has 1 N–H and O–H groups in total. The van der Waals surface area contributed by atoms with E-state index in [2.05, 4.69) is 10.4 Å². The Kier molecular flexibility index (Phi) is 6.89. The highest BCUT2D eigenvalue weighted by molar-refractivity contribution is 5.94. The second-order valence-corrected chi connectivity index (χ2v) is 7.60. The van der Waals surface area contributed by atoms with Crippen molar-refractivity contribution in [2.75, 3.05) is 38.7 Å². The number of rotatable bonds is 6. The highest BCUT2D eigenvalue weighted by atomic mass is 19.4. The van der Waals surface area contributed by atoms with E-state index in [9.17, 15) is 22.8 Å². The molecule has 0 saturated carbocycles. The van der Waals surface area contributed by atoms with Crippen LogP contribution in [0.4, 0.5) is 19.0 Å². The fourth-order valence-corrected chi connectivity index (χ4v) is 4.17. The Labute approximate surface area is 172 Å². The smallest absolute Gasteiger partial charge is 0.410 e. The minimum absolute atomic E-state index is 0.0142. The summed E-state index contributed by atoms with van der Waals surface area (Å²) in [4.78, 5) is 26.2. The molecule has 3 rings (SSSR count). The Morgan fingerprint density at radius 2 is 2.13 bits per heavy atom. The van der Waals surface area contributed by atoms with E-state index in [0.29, 0.717) is 32.5 Å². The number of likely N-dealkylation sites (tertiary alicyclic amines) is 1. The number of ether oxygens (including phenoxy) is 2. The second-order valence-electron chi connectivity index (χ2n) is 7.60. The third-order valence-corrected chi connectivity index (χ3v) is 5.66. The fraction of sp³-hybridized carbons (Fsp3) is 0.737. The number of esters is 1. The minimum atomic E-state index is -4.52. The van der Waals surface area contributed by atoms with Gasteiger partial charge in [-0.3, -0.25) is 4.79 Å². The molecular formula is C19H27F3N4O4. The van der Waals surface area contributed by atoms with Crippen LogP contribution in [0.25, 0.3) is 0 Å². The lowest BCUT2D eigenvalue weighted by atomic mass is 9.85. The number of nitrogens with zero attached hydrogens (tertiary/aromatic N) is 3. The first kappa shape index (κ1) is 22.4. The molecule has 0 bridgehead atoms. The van der Waals surface area contributed by atoms with Crippen LogP contribution in [-0.2, 0) is 14.3 Å². The lowest BCUT2D eigenvalue weighted by Gasteiger charge is -2.41. The van der Waals surface area contributed by atoms with Crippen LogP contribution in [-0.4, -0.2) is 72.2 Å². The van der Waals surface area contributed by atoms with Gasteiger partial charge in [-0.1, -0.05) is 0 Å². The van der Waals surface area contributed by atoms with E-state index in [4.69, 9.17) is 9.47 Å². The number of amides is 1. The third-order valence-electron chi connectivity index (χ3n) is 5.66. The third kappa shape index (κ3) is 4.71. The van der Waals surface area contributed by atoms with Crippen LogP contribution < -0.4 is 5.32 Å². The number of alkyl halides is 3. The Bertz CT molecular complexity index is 767. The van der Waals surface area contributed by atoms with Crippen molar-refractivity contribution in [1.29, 1.82) is 0 Å². The van der Waals surface area contributed by atoms with E-state index >= 15 is 0 Å². The fourth-order valence-electron chi connectivity index (χ4n) is 4.17. The molecule has 1 unspecified atom stereocenters. The van der Waals surface area contributed by atoms with Crippen LogP contribution in [0, 0.1) is 5.92 Å². The zero-order valence-electron chi connectivity index (χ0n) is 17.1. The summed E-state index contributed by atoms with van der Waals surface area (Å²) in [7, 11) is 1.51. The molecule has 1 amide bonds. The van der Waals surface area contributed by atoms with Crippen LogP contribution in [0.1, 0.15) is 49.0 Å². The molecule has 168 valence electrons. The van der Waals surface area contributed by atoms with Gasteiger partial charge in [-0.05, 0) is 32.1 Å². The molecule has 2 aliphatic rings. The van der Waals surface area contributed by atoms with E-state index in [0.717, 1.165) is 10.9 Å². The van der Waals surface area contributed by atoms with Crippen molar-refractivity contribution in [2.24, 2.45) is 5.92 Å². The minimum Gasteiger partial charge on any atom is -0.462 e. The Hall–Kier alpha value is -2.30. The van der Waals surface area contributed by atoms with E-state index in [1.165, 1.54) is 7.11 Å². The van der Waals surface area contributed by atoms with Crippen molar-refractivity contribution >= 4 is 17.7 Å². The topological polar surface area (TPSA) is 85.7 Å². The molecule has 1 saturated heterocycles. The summed E-state index contributed by atoms with van der Waals surface area (Å²) in [6.07, 6.45) is -1.97. The van der Waals surface area contributed by atoms with Gasteiger partial charge in [0.05, 0.1) is 25.8 Å². The number of piperidine rings is 1. The predicted molar refractivity (Wildman–Crippen MR) is 101 cm³/mol. The van der Waals surface area contributed by atoms with Crippen molar-refractivity contribution in [3.8, 4) is 0 Å².